The molecule has 0 radical (unpaired) electrons. The second kappa shape index (κ2) is 18.6. The number of thiazole rings is 1. The number of methoxy groups -OCH3 is 1. The molecule has 2 aromatic heterocycles. The summed E-state index contributed by atoms with van der Waals surface area (Å²) in [7, 11) is 1.58. The van der Waals surface area contributed by atoms with E-state index in [2.05, 4.69) is 16.0 Å². The monoisotopic (exact) mass is 806 g/mol. The first-order chi connectivity index (χ1) is 26.5. The smallest absolute Gasteiger partial charge is 0.408 e. The maximum absolute atomic E-state index is 14.5. The summed E-state index contributed by atoms with van der Waals surface area (Å²) >= 11 is 1.47. The summed E-state index contributed by atoms with van der Waals surface area (Å²) in [5, 5.41) is 22.6. The Kier molecular flexibility index (Phi) is 14.1. The second-order valence-electron chi connectivity index (χ2n) is 15.4. The molecule has 3 aromatic rings. The summed E-state index contributed by atoms with van der Waals surface area (Å²) in [4.78, 5) is 65.5. The molecule has 1 saturated heterocycles. The summed E-state index contributed by atoms with van der Waals surface area (Å²) in [6.45, 7) is 4.11. The number of alkyl carbamates (subject to hydrolysis) is 1. The van der Waals surface area contributed by atoms with Gasteiger partial charge in [-0.15, -0.1) is 11.3 Å². The van der Waals surface area contributed by atoms with E-state index >= 15 is 0 Å². The van der Waals surface area contributed by atoms with Gasteiger partial charge in [0.15, 0.2) is 5.13 Å². The summed E-state index contributed by atoms with van der Waals surface area (Å²) in [5.74, 6) is -1.37. The molecule has 0 bridgehead atoms. The Morgan fingerprint density at radius 3 is 2.53 bits per heavy atom. The first-order valence-electron chi connectivity index (χ1n) is 19.4. The van der Waals surface area contributed by atoms with Gasteiger partial charge < -0.3 is 40.2 Å². The zero-order valence-electron chi connectivity index (χ0n) is 31.5. The van der Waals surface area contributed by atoms with Crippen LogP contribution in [0.1, 0.15) is 99.3 Å². The average molecular weight is 807 g/mol. The average Bonchev–Trinajstić information content (AvgIpc) is 3.58. The molecule has 0 spiro atoms. The van der Waals surface area contributed by atoms with Gasteiger partial charge in [-0.3, -0.25) is 9.59 Å². The zero-order chi connectivity index (χ0) is 38.7. The lowest BCUT2D eigenvalue weighted by Gasteiger charge is -2.29. The van der Waals surface area contributed by atoms with Crippen molar-refractivity contribution in [2.24, 2.45) is 5.92 Å². The van der Waals surface area contributed by atoms with Crippen LogP contribution >= 0.6 is 11.3 Å². The van der Waals surface area contributed by atoms with E-state index in [9.17, 15) is 24.3 Å². The largest absolute Gasteiger partial charge is 0.497 e. The van der Waals surface area contributed by atoms with E-state index in [4.69, 9.17) is 24.2 Å². The van der Waals surface area contributed by atoms with Crippen molar-refractivity contribution in [3.8, 4) is 22.9 Å². The summed E-state index contributed by atoms with van der Waals surface area (Å²) in [5.41, 5.74) is 0.394. The van der Waals surface area contributed by atoms with Crippen molar-refractivity contribution in [2.75, 3.05) is 19.0 Å². The maximum Gasteiger partial charge on any atom is 0.408 e. The van der Waals surface area contributed by atoms with E-state index in [1.54, 1.807) is 7.11 Å². The second-order valence-corrected chi connectivity index (χ2v) is 16.2. The summed E-state index contributed by atoms with van der Waals surface area (Å²) in [6, 6.07) is 5.50. The van der Waals surface area contributed by atoms with E-state index in [-0.39, 0.29) is 52.3 Å². The first-order valence-corrected chi connectivity index (χ1v) is 20.3. The fourth-order valence-corrected chi connectivity index (χ4v) is 8.75. The number of hydrogen-bond acceptors (Lipinski definition) is 11. The Bertz CT molecular complexity index is 1950. The molecule has 310 valence electrons. The van der Waals surface area contributed by atoms with E-state index < -0.39 is 47.6 Å². The normalized spacial score (nSPS) is 25.7. The van der Waals surface area contributed by atoms with Crippen LogP contribution in [0.4, 0.5) is 9.93 Å². The van der Waals surface area contributed by atoms with Gasteiger partial charge in [-0.1, -0.05) is 39.8 Å². The van der Waals surface area contributed by atoms with E-state index in [0.29, 0.717) is 46.6 Å². The van der Waals surface area contributed by atoms with Gasteiger partial charge in [-0.2, -0.15) is 0 Å². The lowest BCUT2D eigenvalue weighted by atomic mass is 10.0. The van der Waals surface area contributed by atoms with Crippen LogP contribution in [0.25, 0.3) is 22.3 Å². The molecule has 5 atom stereocenters. The third-order valence-corrected chi connectivity index (χ3v) is 11.7. The van der Waals surface area contributed by atoms with Gasteiger partial charge in [-0.25, -0.2) is 19.6 Å². The van der Waals surface area contributed by atoms with Crippen LogP contribution in [-0.2, 0) is 19.1 Å². The molecule has 57 heavy (non-hydrogen) atoms. The number of nitrogens with one attached hydrogen (secondary N) is 3. The Labute approximate surface area is 339 Å². The predicted molar refractivity (Wildman–Crippen MR) is 221 cm³/mol. The Morgan fingerprint density at radius 2 is 1.79 bits per heavy atom. The minimum absolute atomic E-state index is 0. The van der Waals surface area contributed by atoms with Crippen molar-refractivity contribution in [1.82, 2.24) is 25.5 Å². The summed E-state index contributed by atoms with van der Waals surface area (Å²) in [6.07, 6.45) is 9.71. The molecule has 4 aliphatic rings. The van der Waals surface area contributed by atoms with Crippen molar-refractivity contribution < 1.29 is 38.5 Å². The van der Waals surface area contributed by atoms with Gasteiger partial charge in [0.25, 0.3) is 0 Å². The molecule has 7 rings (SSSR count). The topological polar surface area (TPSA) is 181 Å². The fourth-order valence-electron chi connectivity index (χ4n) is 7.90. The van der Waals surface area contributed by atoms with E-state index in [1.807, 2.05) is 55.6 Å². The lowest BCUT2D eigenvalue weighted by molar-refractivity contribution is -0.145. The number of carboxylic acid groups (broad SMARTS) is 1. The lowest BCUT2D eigenvalue weighted by Crippen LogP contribution is -2.56. The Balaban J connectivity index is 0.00000310. The minimum atomic E-state index is -1.45. The quantitative estimate of drug-likeness (QED) is 0.159. The Morgan fingerprint density at radius 1 is 1.02 bits per heavy atom. The number of aliphatic carboxylic acids is 1. The number of carbonyl (C=O) groups is 4. The number of aromatic nitrogens is 2. The number of ether oxygens (including phenoxy) is 3. The number of hydrogen-bond donors (Lipinski definition) is 4. The van der Waals surface area contributed by atoms with Gasteiger partial charge in [0.1, 0.15) is 47.0 Å². The number of rotatable bonds is 9. The molecule has 4 heterocycles. The number of carbonyl (C=O) groups excluding carboxylic acids is 3. The molecule has 1 aromatic carbocycles. The minimum Gasteiger partial charge on any atom is -0.497 e. The fraction of sp³-hybridized carbons (Fsp3) is 0.571. The van der Waals surface area contributed by atoms with Crippen LogP contribution in [-0.4, -0.2) is 93.4 Å². The van der Waals surface area contributed by atoms with Crippen molar-refractivity contribution in [3.63, 3.8) is 0 Å². The number of benzene rings is 1. The van der Waals surface area contributed by atoms with Crippen LogP contribution in [0, 0.1) is 5.92 Å². The number of nitrogens with zero attached hydrogens (tertiary/aromatic N) is 3. The maximum atomic E-state index is 14.5. The number of allylic oxidation sites excluding steroid dienone is 1. The molecule has 15 heteroatoms. The highest BCUT2D eigenvalue weighted by atomic mass is 32.1. The standard InChI is InChI=1S/C40H50N6O8S.2CH4/c1-23(2)41-38-43-32(22-55-38)31-19-34(28-16-15-26(52-3)17-30(28)42-31)53-27-18-33-35(47)45-40(37(49)50)20-24(40)11-7-5-4-6-8-14-29(36(48)46(33)21-27)44-39(51)54-25-12-9-10-13-25;;/h7,11,15-17,19,22-25,27,29,33H,4-6,8-10,12-14,18,20-21H2,1-3H3,(H,41,43)(H,44,51)(H,45,47)(H,49,50);2*1H4/b11-7-;;/t24-,27-,29+,33+,40-;;/m1../s1. The van der Waals surface area contributed by atoms with Crippen LogP contribution in [0.5, 0.6) is 11.5 Å². The molecule has 3 amide bonds. The third kappa shape index (κ3) is 9.79. The van der Waals surface area contributed by atoms with E-state index in [0.717, 1.165) is 50.1 Å². The van der Waals surface area contributed by atoms with Gasteiger partial charge in [0.2, 0.25) is 11.8 Å². The molecular weight excluding hydrogens is 749 g/mol. The molecular formula is C42H58N6O8S. The predicted octanol–water partition coefficient (Wildman–Crippen LogP) is 7.32. The molecule has 2 saturated carbocycles. The first kappa shape index (κ1) is 43.2. The highest BCUT2D eigenvalue weighted by molar-refractivity contribution is 7.14. The van der Waals surface area contributed by atoms with Crippen LogP contribution in [0.3, 0.4) is 0 Å². The molecule has 14 nitrogen and oxygen atoms in total. The molecule has 3 fully saturated rings. The van der Waals surface area contributed by atoms with Crippen molar-refractivity contribution in [1.29, 1.82) is 0 Å². The Hall–Kier alpha value is -4.92. The molecule has 0 unspecified atom stereocenters. The zero-order valence-corrected chi connectivity index (χ0v) is 32.4. The third-order valence-electron chi connectivity index (χ3n) is 10.9. The number of pyridine rings is 1. The molecule has 2 aliphatic carbocycles. The van der Waals surface area contributed by atoms with Crippen molar-refractivity contribution in [3.05, 3.63) is 41.8 Å². The SMILES string of the molecule is C.C.COc1ccc2c(O[C@@H]3C[C@H]4C(=O)N[C@]5(C(=O)O)C[C@H]5/C=C\CCCCC[C@H](NC(=O)OC5CCCC5)C(=O)N4C3)cc(-c3csc(NC(C)C)n3)nc2c1. The van der Waals surface area contributed by atoms with Crippen LogP contribution in [0.2, 0.25) is 0 Å². The number of fused-ring (bicyclic) bond motifs is 3. The van der Waals surface area contributed by atoms with Crippen LogP contribution in [0.15, 0.2) is 41.8 Å². The summed E-state index contributed by atoms with van der Waals surface area (Å²) < 4.78 is 17.9. The highest BCUT2D eigenvalue weighted by Crippen LogP contribution is 2.45. The van der Waals surface area contributed by atoms with Crippen molar-refractivity contribution >= 4 is 51.2 Å². The molecule has 4 N–H and O–H groups in total. The van der Waals surface area contributed by atoms with Crippen LogP contribution < -0.4 is 25.4 Å². The van der Waals surface area contributed by atoms with Gasteiger partial charge >= 0.3 is 12.1 Å². The van der Waals surface area contributed by atoms with E-state index in [1.165, 1.54) is 16.2 Å². The number of amides is 3. The number of carboxylic acids is 1. The number of anilines is 1. The van der Waals surface area contributed by atoms with Crippen molar-refractivity contribution in [2.45, 2.75) is 135 Å². The van der Waals surface area contributed by atoms with Gasteiger partial charge in [0.05, 0.1) is 24.9 Å². The molecule has 2 aliphatic heterocycles. The van der Waals surface area contributed by atoms with Gasteiger partial charge in [0, 0.05) is 41.3 Å². The highest BCUT2D eigenvalue weighted by Gasteiger charge is 2.61. The van der Waals surface area contributed by atoms with Gasteiger partial charge in [-0.05, 0) is 77.3 Å².